The second kappa shape index (κ2) is 5.82. The van der Waals surface area contributed by atoms with Crippen molar-refractivity contribution in [3.05, 3.63) is 18.5 Å². The average molecular weight is 237 g/mol. The molecule has 0 aliphatic heterocycles. The molecule has 0 radical (unpaired) electrons. The first-order chi connectivity index (χ1) is 8.29. The van der Waals surface area contributed by atoms with Crippen LogP contribution in [0, 0.1) is 5.92 Å². The highest BCUT2D eigenvalue weighted by Gasteiger charge is 2.25. The van der Waals surface area contributed by atoms with Gasteiger partial charge in [-0.1, -0.05) is 12.8 Å². The molecule has 0 bridgehead atoms. The number of aliphatic hydroxyl groups excluding tert-OH is 1. The highest BCUT2D eigenvalue weighted by molar-refractivity contribution is 5.76. The van der Waals surface area contributed by atoms with Gasteiger partial charge in [-0.25, -0.2) is 0 Å². The van der Waals surface area contributed by atoms with Crippen LogP contribution in [0.15, 0.2) is 18.5 Å². The molecule has 2 rings (SSSR count). The van der Waals surface area contributed by atoms with E-state index in [0.29, 0.717) is 0 Å². The highest BCUT2D eigenvalue weighted by Crippen LogP contribution is 2.23. The molecular weight excluding hydrogens is 218 g/mol. The summed E-state index contributed by atoms with van der Waals surface area (Å²) in [5.74, 6) is 0.185. The van der Waals surface area contributed by atoms with Crippen molar-refractivity contribution in [2.75, 3.05) is 6.61 Å². The quantitative estimate of drug-likeness (QED) is 0.803. The molecule has 1 saturated carbocycles. The number of carbonyl (C=O) groups excluding carboxylic acids is 1. The highest BCUT2D eigenvalue weighted by atomic mass is 16.3. The third kappa shape index (κ3) is 3.30. The summed E-state index contributed by atoms with van der Waals surface area (Å²) in [6.07, 6.45) is 7.67. The van der Waals surface area contributed by atoms with E-state index in [4.69, 9.17) is 0 Å². The predicted octanol–water partition coefficient (Wildman–Crippen LogP) is 0.550. The molecule has 1 aromatic rings. The van der Waals surface area contributed by atoms with Gasteiger partial charge in [0, 0.05) is 31.0 Å². The van der Waals surface area contributed by atoms with Crippen molar-refractivity contribution in [3.8, 4) is 0 Å². The van der Waals surface area contributed by atoms with Crippen LogP contribution in [-0.2, 0) is 11.3 Å². The minimum Gasteiger partial charge on any atom is -0.396 e. The molecule has 1 fully saturated rings. The van der Waals surface area contributed by atoms with Gasteiger partial charge in [0.2, 0.25) is 5.91 Å². The second-order valence-corrected chi connectivity index (χ2v) is 4.60. The third-order valence-corrected chi connectivity index (χ3v) is 3.35. The number of aromatic nitrogens is 2. The van der Waals surface area contributed by atoms with E-state index in [0.717, 1.165) is 25.7 Å². The van der Waals surface area contributed by atoms with Crippen molar-refractivity contribution in [1.29, 1.82) is 0 Å². The number of aliphatic hydroxyl groups is 1. The molecule has 5 nitrogen and oxygen atoms in total. The van der Waals surface area contributed by atoms with Crippen LogP contribution in [0.25, 0.3) is 0 Å². The van der Waals surface area contributed by atoms with Crippen molar-refractivity contribution in [2.24, 2.45) is 5.92 Å². The molecule has 0 saturated heterocycles. The van der Waals surface area contributed by atoms with Crippen LogP contribution in [0.3, 0.4) is 0 Å². The molecule has 2 N–H and O–H groups in total. The van der Waals surface area contributed by atoms with E-state index >= 15 is 0 Å². The molecule has 2 unspecified atom stereocenters. The van der Waals surface area contributed by atoms with Gasteiger partial charge in [-0.2, -0.15) is 5.10 Å². The Balaban J connectivity index is 1.84. The minimum absolute atomic E-state index is 0.0287. The van der Waals surface area contributed by atoms with Gasteiger partial charge >= 0.3 is 0 Å². The van der Waals surface area contributed by atoms with Crippen molar-refractivity contribution in [3.63, 3.8) is 0 Å². The zero-order valence-corrected chi connectivity index (χ0v) is 9.88. The fraction of sp³-hybridized carbons (Fsp3) is 0.667. The number of hydrogen-bond acceptors (Lipinski definition) is 3. The van der Waals surface area contributed by atoms with Crippen LogP contribution >= 0.6 is 0 Å². The summed E-state index contributed by atoms with van der Waals surface area (Å²) in [5.41, 5.74) is 0. The van der Waals surface area contributed by atoms with Crippen LogP contribution in [0.4, 0.5) is 0 Å². The summed E-state index contributed by atoms with van der Waals surface area (Å²) in [5, 5.41) is 16.3. The molecule has 17 heavy (non-hydrogen) atoms. The molecule has 1 amide bonds. The summed E-state index contributed by atoms with van der Waals surface area (Å²) >= 11 is 0. The Morgan fingerprint density at radius 3 is 3.00 bits per heavy atom. The van der Waals surface area contributed by atoms with Crippen molar-refractivity contribution < 1.29 is 9.90 Å². The number of nitrogens with one attached hydrogen (secondary N) is 1. The number of nitrogens with zero attached hydrogens (tertiary/aromatic N) is 2. The van der Waals surface area contributed by atoms with Gasteiger partial charge in [0.25, 0.3) is 0 Å². The Hall–Kier alpha value is -1.36. The molecule has 2 atom stereocenters. The van der Waals surface area contributed by atoms with Gasteiger partial charge in [0.15, 0.2) is 0 Å². The second-order valence-electron chi connectivity index (χ2n) is 4.60. The summed E-state index contributed by atoms with van der Waals surface area (Å²) in [4.78, 5) is 11.8. The summed E-state index contributed by atoms with van der Waals surface area (Å²) in [6, 6.07) is 1.92. The van der Waals surface area contributed by atoms with E-state index in [1.807, 2.05) is 0 Å². The van der Waals surface area contributed by atoms with Gasteiger partial charge in [-0.05, 0) is 18.9 Å². The first kappa shape index (κ1) is 12.1. The van der Waals surface area contributed by atoms with Crippen LogP contribution in [0.1, 0.15) is 25.7 Å². The van der Waals surface area contributed by atoms with Crippen LogP contribution in [-0.4, -0.2) is 33.4 Å². The van der Waals surface area contributed by atoms with E-state index in [9.17, 15) is 9.90 Å². The lowest BCUT2D eigenvalue weighted by Gasteiger charge is -2.30. The molecule has 94 valence electrons. The maximum atomic E-state index is 11.8. The smallest absolute Gasteiger partial charge is 0.241 e. The summed E-state index contributed by atoms with van der Waals surface area (Å²) in [7, 11) is 0. The van der Waals surface area contributed by atoms with E-state index in [2.05, 4.69) is 10.4 Å². The van der Waals surface area contributed by atoms with Gasteiger partial charge in [0.05, 0.1) is 0 Å². The SMILES string of the molecule is O=C(Cn1cccn1)NC1CCCCC1CO. The van der Waals surface area contributed by atoms with Gasteiger partial charge < -0.3 is 10.4 Å². The Bertz CT molecular complexity index is 351. The van der Waals surface area contributed by atoms with E-state index in [1.165, 1.54) is 0 Å². The summed E-state index contributed by atoms with van der Waals surface area (Å²) < 4.78 is 1.60. The van der Waals surface area contributed by atoms with Crippen LogP contribution in [0.5, 0.6) is 0 Å². The number of amides is 1. The molecule has 1 aliphatic carbocycles. The zero-order chi connectivity index (χ0) is 12.1. The maximum absolute atomic E-state index is 11.8. The fourth-order valence-electron chi connectivity index (χ4n) is 2.41. The molecule has 1 aromatic heterocycles. The first-order valence-electron chi connectivity index (χ1n) is 6.17. The summed E-state index contributed by atoms with van der Waals surface area (Å²) in [6.45, 7) is 0.411. The van der Waals surface area contributed by atoms with E-state index in [-0.39, 0.29) is 31.0 Å². The monoisotopic (exact) mass is 237 g/mol. The van der Waals surface area contributed by atoms with Gasteiger partial charge in [-0.3, -0.25) is 9.48 Å². The largest absolute Gasteiger partial charge is 0.396 e. The Labute approximate surface area is 101 Å². The minimum atomic E-state index is -0.0287. The van der Waals surface area contributed by atoms with Crippen LogP contribution < -0.4 is 5.32 Å². The zero-order valence-electron chi connectivity index (χ0n) is 9.88. The van der Waals surface area contributed by atoms with E-state index in [1.54, 1.807) is 23.1 Å². The molecule has 1 aliphatic rings. The lowest BCUT2D eigenvalue weighted by atomic mass is 9.85. The van der Waals surface area contributed by atoms with Crippen LogP contribution in [0.2, 0.25) is 0 Å². The predicted molar refractivity (Wildman–Crippen MR) is 63.2 cm³/mol. The fourth-order valence-corrected chi connectivity index (χ4v) is 2.41. The lowest BCUT2D eigenvalue weighted by Crippen LogP contribution is -2.44. The molecular formula is C12H19N3O2. The van der Waals surface area contributed by atoms with Crippen molar-refractivity contribution >= 4 is 5.91 Å². The van der Waals surface area contributed by atoms with Crippen molar-refractivity contribution in [2.45, 2.75) is 38.3 Å². The Morgan fingerprint density at radius 1 is 1.47 bits per heavy atom. The molecule has 0 aromatic carbocycles. The Morgan fingerprint density at radius 2 is 2.29 bits per heavy atom. The van der Waals surface area contributed by atoms with Crippen molar-refractivity contribution in [1.82, 2.24) is 15.1 Å². The van der Waals surface area contributed by atoms with Gasteiger partial charge in [-0.15, -0.1) is 0 Å². The number of rotatable bonds is 4. The Kier molecular flexibility index (Phi) is 4.14. The standard InChI is InChI=1S/C12H19N3O2/c16-9-10-4-1-2-5-11(10)14-12(17)8-15-7-3-6-13-15/h3,6-7,10-11,16H,1-2,4-5,8-9H2,(H,14,17). The third-order valence-electron chi connectivity index (χ3n) is 3.35. The average Bonchev–Trinajstić information content (AvgIpc) is 2.82. The van der Waals surface area contributed by atoms with Gasteiger partial charge in [0.1, 0.15) is 6.54 Å². The number of hydrogen-bond donors (Lipinski definition) is 2. The molecule has 1 heterocycles. The van der Waals surface area contributed by atoms with E-state index < -0.39 is 0 Å². The molecule has 5 heteroatoms. The molecule has 0 spiro atoms. The normalized spacial score (nSPS) is 24.5. The number of carbonyl (C=O) groups is 1. The maximum Gasteiger partial charge on any atom is 0.241 e. The lowest BCUT2D eigenvalue weighted by molar-refractivity contribution is -0.123. The topological polar surface area (TPSA) is 67.2 Å². The first-order valence-corrected chi connectivity index (χ1v) is 6.17.